The van der Waals surface area contributed by atoms with Crippen molar-refractivity contribution in [3.63, 3.8) is 0 Å². The molecule has 1 aromatic heterocycles. The Hall–Kier alpha value is -2.41. The zero-order chi connectivity index (χ0) is 14.9. The fraction of sp³-hybridized carbons (Fsp3) is 0.308. The molecule has 0 spiro atoms. The summed E-state index contributed by atoms with van der Waals surface area (Å²) in [6.07, 6.45) is 0. The van der Waals surface area contributed by atoms with E-state index in [0.717, 1.165) is 4.68 Å². The second-order valence-corrected chi connectivity index (χ2v) is 5.24. The van der Waals surface area contributed by atoms with E-state index in [-0.39, 0.29) is 17.7 Å². The molecule has 0 atom stereocenters. The number of carbonyl (C=O) groups excluding carboxylic acids is 1. The Kier molecular flexibility index (Phi) is 3.46. The van der Waals surface area contributed by atoms with Crippen LogP contribution in [0.5, 0.6) is 0 Å². The highest BCUT2D eigenvalue weighted by Crippen LogP contribution is 2.16. The van der Waals surface area contributed by atoms with Gasteiger partial charge in [0, 0.05) is 0 Å². The maximum atomic E-state index is 12.3. The number of carbonyl (C=O) groups is 1. The van der Waals surface area contributed by atoms with Crippen molar-refractivity contribution in [2.45, 2.75) is 20.4 Å². The minimum Gasteiger partial charge on any atom is -0.294 e. The van der Waals surface area contributed by atoms with E-state index in [1.807, 2.05) is 0 Å². The molecule has 20 heavy (non-hydrogen) atoms. The van der Waals surface area contributed by atoms with Crippen LogP contribution in [0.15, 0.2) is 33.9 Å². The predicted octanol–water partition coefficient (Wildman–Crippen LogP) is -0.294. The normalized spacial score (nSPS) is 11.6. The highest BCUT2D eigenvalue weighted by atomic mass is 16.2. The molecule has 7 heteroatoms. The van der Waals surface area contributed by atoms with E-state index in [1.165, 1.54) is 0 Å². The van der Waals surface area contributed by atoms with Crippen molar-refractivity contribution < 1.29 is 4.79 Å². The van der Waals surface area contributed by atoms with Crippen molar-refractivity contribution in [2.24, 2.45) is 11.3 Å². The predicted molar refractivity (Wildman–Crippen MR) is 74.9 cm³/mol. The zero-order valence-corrected chi connectivity index (χ0v) is 11.3. The van der Waals surface area contributed by atoms with Gasteiger partial charge in [-0.25, -0.2) is 10.5 Å². The number of aromatic amines is 1. The largest absolute Gasteiger partial charge is 0.294 e. The van der Waals surface area contributed by atoms with E-state index in [1.54, 1.807) is 38.1 Å². The quantitative estimate of drug-likeness (QED) is 0.406. The first-order chi connectivity index (χ1) is 9.36. The molecule has 2 aromatic rings. The van der Waals surface area contributed by atoms with Crippen LogP contribution in [-0.2, 0) is 11.3 Å². The van der Waals surface area contributed by atoms with E-state index < -0.39 is 11.3 Å². The average Bonchev–Trinajstić information content (AvgIpc) is 2.43. The van der Waals surface area contributed by atoms with Gasteiger partial charge in [0.15, 0.2) is 0 Å². The van der Waals surface area contributed by atoms with Gasteiger partial charge in [0.25, 0.3) is 11.1 Å². The molecule has 0 bridgehead atoms. The topological polar surface area (TPSA) is 110 Å². The Morgan fingerprint density at radius 2 is 1.90 bits per heavy atom. The summed E-state index contributed by atoms with van der Waals surface area (Å²) in [6, 6.07) is 6.54. The lowest BCUT2D eigenvalue weighted by Crippen LogP contribution is -2.45. The van der Waals surface area contributed by atoms with Crippen molar-refractivity contribution in [3.8, 4) is 0 Å². The Morgan fingerprint density at radius 3 is 2.50 bits per heavy atom. The molecule has 4 N–H and O–H groups in total. The van der Waals surface area contributed by atoms with E-state index in [9.17, 15) is 14.4 Å². The fourth-order valence-electron chi connectivity index (χ4n) is 2.02. The third-order valence-corrected chi connectivity index (χ3v) is 3.18. The first kappa shape index (κ1) is 14.0. The molecular formula is C13H16N4O3. The van der Waals surface area contributed by atoms with E-state index >= 15 is 0 Å². The Balaban J connectivity index is 2.57. The number of nitrogens with zero attached hydrogens (tertiary/aromatic N) is 1. The van der Waals surface area contributed by atoms with Gasteiger partial charge in [0.1, 0.15) is 0 Å². The van der Waals surface area contributed by atoms with E-state index in [2.05, 4.69) is 10.5 Å². The van der Waals surface area contributed by atoms with Gasteiger partial charge in [0.2, 0.25) is 5.91 Å². The number of hydrogen-bond donors (Lipinski definition) is 3. The monoisotopic (exact) mass is 276 g/mol. The molecule has 1 aromatic carbocycles. The van der Waals surface area contributed by atoms with Crippen molar-refractivity contribution >= 4 is 16.7 Å². The summed E-state index contributed by atoms with van der Waals surface area (Å²) >= 11 is 0. The van der Waals surface area contributed by atoms with Gasteiger partial charge in [-0.1, -0.05) is 12.1 Å². The van der Waals surface area contributed by atoms with Crippen LogP contribution in [0, 0.1) is 5.41 Å². The third kappa shape index (κ3) is 2.35. The number of hydrogen-bond acceptors (Lipinski definition) is 4. The second-order valence-electron chi connectivity index (χ2n) is 5.24. The standard InChI is InChI=1S/C13H16N4O3/c1-13(2,12(20)15-14)7-17-11(19)9-6-4-3-5-8(9)10(18)16-17/h3-6H,7,14H2,1-2H3,(H,15,20)(H,16,18). The lowest BCUT2D eigenvalue weighted by atomic mass is 9.92. The summed E-state index contributed by atoms with van der Waals surface area (Å²) < 4.78 is 1.14. The SMILES string of the molecule is CC(C)(Cn1[nH]c(=O)c2ccccc2c1=O)C(=O)NN. The van der Waals surface area contributed by atoms with Gasteiger partial charge < -0.3 is 0 Å². The molecule has 106 valence electrons. The van der Waals surface area contributed by atoms with Gasteiger partial charge in [0.05, 0.1) is 22.7 Å². The Labute approximate surface area is 114 Å². The minimum absolute atomic E-state index is 0.0228. The molecule has 0 aliphatic heterocycles. The number of hydrazine groups is 1. The highest BCUT2D eigenvalue weighted by Gasteiger charge is 2.28. The number of H-pyrrole nitrogens is 1. The summed E-state index contributed by atoms with van der Waals surface area (Å²) in [5.41, 5.74) is 0.404. The molecule has 7 nitrogen and oxygen atoms in total. The molecule has 1 heterocycles. The number of fused-ring (bicyclic) bond motifs is 1. The number of amides is 1. The number of nitrogens with one attached hydrogen (secondary N) is 2. The molecule has 0 aliphatic carbocycles. The number of rotatable bonds is 3. The third-order valence-electron chi connectivity index (χ3n) is 3.18. The molecule has 0 fully saturated rings. The average molecular weight is 276 g/mol. The molecule has 0 radical (unpaired) electrons. The minimum atomic E-state index is -0.927. The van der Waals surface area contributed by atoms with Crippen LogP contribution in [0.25, 0.3) is 10.8 Å². The van der Waals surface area contributed by atoms with Crippen LogP contribution in [0.3, 0.4) is 0 Å². The second kappa shape index (κ2) is 4.93. The Morgan fingerprint density at radius 1 is 1.30 bits per heavy atom. The Bertz CT molecular complexity index is 773. The fourth-order valence-corrected chi connectivity index (χ4v) is 2.02. The molecular weight excluding hydrogens is 260 g/mol. The first-order valence-electron chi connectivity index (χ1n) is 6.10. The molecule has 1 amide bonds. The lowest BCUT2D eigenvalue weighted by molar-refractivity contribution is -0.130. The molecule has 2 rings (SSSR count). The van der Waals surface area contributed by atoms with E-state index in [0.29, 0.717) is 10.8 Å². The number of nitrogens with two attached hydrogens (primary N) is 1. The maximum absolute atomic E-state index is 12.3. The van der Waals surface area contributed by atoms with Crippen molar-refractivity contribution in [1.82, 2.24) is 15.2 Å². The summed E-state index contributed by atoms with van der Waals surface area (Å²) in [4.78, 5) is 35.9. The number of benzene rings is 1. The van der Waals surface area contributed by atoms with Crippen LogP contribution < -0.4 is 22.4 Å². The summed E-state index contributed by atoms with van der Waals surface area (Å²) in [5.74, 6) is 4.69. The lowest BCUT2D eigenvalue weighted by Gasteiger charge is -2.22. The van der Waals surface area contributed by atoms with Crippen molar-refractivity contribution in [1.29, 1.82) is 0 Å². The number of aromatic nitrogens is 2. The van der Waals surface area contributed by atoms with Crippen molar-refractivity contribution in [3.05, 3.63) is 45.0 Å². The molecule has 0 unspecified atom stereocenters. The van der Waals surface area contributed by atoms with E-state index in [4.69, 9.17) is 5.84 Å². The van der Waals surface area contributed by atoms with Crippen LogP contribution in [-0.4, -0.2) is 15.7 Å². The van der Waals surface area contributed by atoms with Gasteiger partial charge in [-0.3, -0.25) is 24.9 Å². The van der Waals surface area contributed by atoms with Gasteiger partial charge in [-0.2, -0.15) is 0 Å². The van der Waals surface area contributed by atoms with Gasteiger partial charge in [-0.15, -0.1) is 0 Å². The first-order valence-corrected chi connectivity index (χ1v) is 6.10. The summed E-state index contributed by atoms with van der Waals surface area (Å²) in [6.45, 7) is 3.29. The van der Waals surface area contributed by atoms with Crippen LogP contribution in [0.1, 0.15) is 13.8 Å². The van der Waals surface area contributed by atoms with Crippen LogP contribution in [0.2, 0.25) is 0 Å². The maximum Gasteiger partial charge on any atom is 0.273 e. The molecule has 0 saturated carbocycles. The summed E-state index contributed by atoms with van der Waals surface area (Å²) in [7, 11) is 0. The molecule has 0 saturated heterocycles. The zero-order valence-electron chi connectivity index (χ0n) is 11.3. The molecule has 0 aliphatic rings. The van der Waals surface area contributed by atoms with Crippen molar-refractivity contribution in [2.75, 3.05) is 0 Å². The van der Waals surface area contributed by atoms with Crippen LogP contribution >= 0.6 is 0 Å². The van der Waals surface area contributed by atoms with Gasteiger partial charge >= 0.3 is 0 Å². The van der Waals surface area contributed by atoms with Gasteiger partial charge in [-0.05, 0) is 26.0 Å². The smallest absolute Gasteiger partial charge is 0.273 e. The summed E-state index contributed by atoms with van der Waals surface area (Å²) in [5, 5.41) is 3.13. The highest BCUT2D eigenvalue weighted by molar-refractivity contribution is 5.81. The van der Waals surface area contributed by atoms with Crippen LogP contribution in [0.4, 0.5) is 0 Å².